The van der Waals surface area contributed by atoms with E-state index in [4.69, 9.17) is 4.42 Å². The molecule has 37 heavy (non-hydrogen) atoms. The van der Waals surface area contributed by atoms with Crippen LogP contribution in [0.15, 0.2) is 72.1 Å². The molecule has 0 spiro atoms. The van der Waals surface area contributed by atoms with E-state index >= 15 is 0 Å². The number of nitrogens with one attached hydrogen (secondary N) is 3. The molecule has 0 aromatic carbocycles. The number of hydrogen-bond acceptors (Lipinski definition) is 6. The van der Waals surface area contributed by atoms with Crippen molar-refractivity contribution in [1.29, 1.82) is 0 Å². The maximum atomic E-state index is 12.6. The van der Waals surface area contributed by atoms with E-state index in [9.17, 15) is 4.79 Å². The maximum Gasteiger partial charge on any atom is 0.227 e. The highest BCUT2D eigenvalue weighted by atomic mass is 16.3. The molecule has 0 unspecified atom stereocenters. The molecule has 1 amide bonds. The van der Waals surface area contributed by atoms with Gasteiger partial charge in [0.1, 0.15) is 11.3 Å². The quantitative estimate of drug-likeness (QED) is 0.275. The van der Waals surface area contributed by atoms with Crippen molar-refractivity contribution in [2.45, 2.75) is 25.7 Å². The van der Waals surface area contributed by atoms with E-state index in [1.807, 2.05) is 24.3 Å². The van der Waals surface area contributed by atoms with Crippen molar-refractivity contribution >= 4 is 33.5 Å². The van der Waals surface area contributed by atoms with Gasteiger partial charge in [0.2, 0.25) is 5.91 Å². The molecule has 1 fully saturated rings. The fraction of sp³-hybridized carbons (Fsp3) is 0.179. The monoisotopic (exact) mass is 489 g/mol. The van der Waals surface area contributed by atoms with Crippen LogP contribution in [0, 0.1) is 5.92 Å². The molecule has 0 aliphatic heterocycles. The lowest BCUT2D eigenvalue weighted by Crippen LogP contribution is -2.20. The third kappa shape index (κ3) is 3.85. The first kappa shape index (κ1) is 21.5. The molecule has 9 heteroatoms. The standard InChI is InChI=1S/C28H23N7O2/c36-28(16-3-1-2-4-16)32-19-9-18(12-29-13-19)23-11-22-25(14-31-23)34-35-26(22)24-10-21-20(17-6-8-37-15-17)5-7-30-27(21)33-24/h5-16H,1-4H2,(H,30,33)(H,32,36)(H,34,35). The summed E-state index contributed by atoms with van der Waals surface area (Å²) in [5.74, 6) is 0.158. The zero-order valence-corrected chi connectivity index (χ0v) is 19.9. The average molecular weight is 490 g/mol. The lowest BCUT2D eigenvalue weighted by Gasteiger charge is -2.11. The molecular formula is C28H23N7O2. The van der Waals surface area contributed by atoms with E-state index in [-0.39, 0.29) is 11.8 Å². The molecule has 6 heterocycles. The second-order valence-electron chi connectivity index (χ2n) is 9.44. The highest BCUT2D eigenvalue weighted by Crippen LogP contribution is 2.34. The van der Waals surface area contributed by atoms with Crippen molar-refractivity contribution in [2.75, 3.05) is 5.32 Å². The number of carbonyl (C=O) groups is 1. The van der Waals surface area contributed by atoms with Gasteiger partial charge in [-0.3, -0.25) is 19.9 Å². The van der Waals surface area contributed by atoms with Crippen molar-refractivity contribution in [3.05, 3.63) is 67.6 Å². The Kier molecular flexibility index (Phi) is 5.05. The normalized spacial score (nSPS) is 14.1. The van der Waals surface area contributed by atoms with Crippen LogP contribution in [0.1, 0.15) is 25.7 Å². The lowest BCUT2D eigenvalue weighted by molar-refractivity contribution is -0.119. The summed E-state index contributed by atoms with van der Waals surface area (Å²) in [6.07, 6.45) is 14.5. The van der Waals surface area contributed by atoms with Gasteiger partial charge in [-0.25, -0.2) is 4.98 Å². The SMILES string of the molecule is O=C(Nc1cncc(-c2cc3c(-c4cc5c(-c6ccoc6)ccnc5[nH]4)n[nH]c3cn2)c1)C1CCCC1. The summed E-state index contributed by atoms with van der Waals surface area (Å²) in [5.41, 5.74) is 7.47. The predicted molar refractivity (Wildman–Crippen MR) is 140 cm³/mol. The Morgan fingerprint density at radius 3 is 2.78 bits per heavy atom. The van der Waals surface area contributed by atoms with Crippen molar-refractivity contribution in [3.8, 4) is 33.8 Å². The second kappa shape index (κ2) is 8.70. The molecule has 0 saturated heterocycles. The third-order valence-electron chi connectivity index (χ3n) is 7.09. The summed E-state index contributed by atoms with van der Waals surface area (Å²) in [6, 6.07) is 9.87. The van der Waals surface area contributed by atoms with Gasteiger partial charge in [-0.2, -0.15) is 5.10 Å². The van der Waals surface area contributed by atoms with Gasteiger partial charge in [-0.15, -0.1) is 0 Å². The number of fused-ring (bicyclic) bond motifs is 2. The fourth-order valence-electron chi connectivity index (χ4n) is 5.18. The first-order valence-electron chi connectivity index (χ1n) is 12.3. The van der Waals surface area contributed by atoms with E-state index in [2.05, 4.69) is 41.5 Å². The first-order chi connectivity index (χ1) is 18.2. The summed E-state index contributed by atoms with van der Waals surface area (Å²) in [5, 5.41) is 12.6. The van der Waals surface area contributed by atoms with Crippen LogP contribution in [0.3, 0.4) is 0 Å². The van der Waals surface area contributed by atoms with Gasteiger partial charge < -0.3 is 14.7 Å². The average Bonchev–Trinajstić information content (AvgIpc) is 3.74. The van der Waals surface area contributed by atoms with E-state index in [0.29, 0.717) is 5.69 Å². The van der Waals surface area contributed by atoms with Crippen molar-refractivity contribution in [1.82, 2.24) is 30.1 Å². The van der Waals surface area contributed by atoms with Crippen molar-refractivity contribution in [3.63, 3.8) is 0 Å². The molecule has 6 aromatic rings. The molecule has 1 aliphatic rings. The van der Waals surface area contributed by atoms with E-state index in [1.165, 1.54) is 0 Å². The number of anilines is 1. The minimum absolute atomic E-state index is 0.0687. The number of aromatic amines is 2. The fourth-order valence-corrected chi connectivity index (χ4v) is 5.18. The van der Waals surface area contributed by atoms with Crippen LogP contribution in [0.5, 0.6) is 0 Å². The molecule has 6 aromatic heterocycles. The summed E-state index contributed by atoms with van der Waals surface area (Å²) in [4.78, 5) is 29.5. The molecule has 0 bridgehead atoms. The number of carbonyl (C=O) groups excluding carboxylic acids is 1. The number of aromatic nitrogens is 6. The molecule has 0 radical (unpaired) electrons. The summed E-state index contributed by atoms with van der Waals surface area (Å²) >= 11 is 0. The number of nitrogens with zero attached hydrogens (tertiary/aromatic N) is 4. The highest BCUT2D eigenvalue weighted by molar-refractivity contribution is 6.00. The summed E-state index contributed by atoms with van der Waals surface area (Å²) < 4.78 is 5.28. The molecule has 3 N–H and O–H groups in total. The van der Waals surface area contributed by atoms with Crippen LogP contribution < -0.4 is 5.32 Å². The molecule has 182 valence electrons. The molecule has 1 aliphatic carbocycles. The van der Waals surface area contributed by atoms with Crippen LogP contribution in [0.2, 0.25) is 0 Å². The minimum atomic E-state index is 0.0687. The Morgan fingerprint density at radius 1 is 1.00 bits per heavy atom. The van der Waals surface area contributed by atoms with Crippen molar-refractivity contribution in [2.24, 2.45) is 5.92 Å². The van der Waals surface area contributed by atoms with Gasteiger partial charge in [0.15, 0.2) is 0 Å². The number of amides is 1. The van der Waals surface area contributed by atoms with Crippen LogP contribution in [-0.2, 0) is 4.79 Å². The predicted octanol–water partition coefficient (Wildman–Crippen LogP) is 5.95. The lowest BCUT2D eigenvalue weighted by atomic mass is 10.1. The van der Waals surface area contributed by atoms with Crippen molar-refractivity contribution < 1.29 is 9.21 Å². The smallest absolute Gasteiger partial charge is 0.227 e. The topological polar surface area (TPSA) is 125 Å². The highest BCUT2D eigenvalue weighted by Gasteiger charge is 2.23. The molecule has 1 saturated carbocycles. The number of H-pyrrole nitrogens is 2. The summed E-state index contributed by atoms with van der Waals surface area (Å²) in [6.45, 7) is 0. The third-order valence-corrected chi connectivity index (χ3v) is 7.09. The number of rotatable bonds is 5. The Morgan fingerprint density at radius 2 is 1.92 bits per heavy atom. The second-order valence-corrected chi connectivity index (χ2v) is 9.44. The number of hydrogen-bond donors (Lipinski definition) is 3. The van der Waals surface area contributed by atoms with E-state index in [0.717, 1.165) is 81.4 Å². The van der Waals surface area contributed by atoms with E-state index in [1.54, 1.807) is 37.3 Å². The number of pyridine rings is 3. The Bertz CT molecular complexity index is 1740. The maximum absolute atomic E-state index is 12.6. The summed E-state index contributed by atoms with van der Waals surface area (Å²) in [7, 11) is 0. The van der Waals surface area contributed by atoms with Gasteiger partial charge in [-0.1, -0.05) is 12.8 Å². The molecular weight excluding hydrogens is 466 g/mol. The molecule has 0 atom stereocenters. The van der Waals surface area contributed by atoms with Crippen LogP contribution in [0.25, 0.3) is 55.7 Å². The Labute approximate surface area is 211 Å². The van der Waals surface area contributed by atoms with Crippen LogP contribution in [0.4, 0.5) is 5.69 Å². The van der Waals surface area contributed by atoms with Crippen LogP contribution in [-0.4, -0.2) is 36.0 Å². The minimum Gasteiger partial charge on any atom is -0.472 e. The molecule has 9 nitrogen and oxygen atoms in total. The largest absolute Gasteiger partial charge is 0.472 e. The first-order valence-corrected chi connectivity index (χ1v) is 12.3. The van der Waals surface area contributed by atoms with Gasteiger partial charge in [-0.05, 0) is 48.7 Å². The van der Waals surface area contributed by atoms with E-state index < -0.39 is 0 Å². The van der Waals surface area contributed by atoms with Gasteiger partial charge in [0, 0.05) is 40.2 Å². The number of furan rings is 1. The molecule has 7 rings (SSSR count). The van der Waals surface area contributed by atoms with Crippen LogP contribution >= 0.6 is 0 Å². The van der Waals surface area contributed by atoms with Gasteiger partial charge in [0.05, 0.1) is 47.5 Å². The zero-order valence-electron chi connectivity index (χ0n) is 19.9. The Hall–Kier alpha value is -4.79. The van der Waals surface area contributed by atoms with Gasteiger partial charge in [0.25, 0.3) is 0 Å². The van der Waals surface area contributed by atoms with Gasteiger partial charge >= 0.3 is 0 Å². The Balaban J connectivity index is 1.25. The zero-order chi connectivity index (χ0) is 24.8.